The summed E-state index contributed by atoms with van der Waals surface area (Å²) in [5.41, 5.74) is -3.35. The average Bonchev–Trinajstić information content (AvgIpc) is 3.53. The van der Waals surface area contributed by atoms with E-state index in [1.54, 1.807) is 6.92 Å². The van der Waals surface area contributed by atoms with Gasteiger partial charge in [0, 0.05) is 13.0 Å². The molecule has 41 heavy (non-hydrogen) atoms. The molecule has 2 fully saturated rings. The largest absolute Gasteiger partial charge is 0.481 e. The van der Waals surface area contributed by atoms with Crippen LogP contribution in [0.2, 0.25) is 10.0 Å². The van der Waals surface area contributed by atoms with E-state index in [9.17, 15) is 37.1 Å². The van der Waals surface area contributed by atoms with Gasteiger partial charge in [-0.15, -0.1) is 0 Å². The molecular weight excluding hydrogens is 593 g/mol. The molecule has 2 aliphatic rings. The molecule has 4 rings (SSSR count). The van der Waals surface area contributed by atoms with Crippen molar-refractivity contribution >= 4 is 40.9 Å². The summed E-state index contributed by atoms with van der Waals surface area (Å²) >= 11 is 12.1. The van der Waals surface area contributed by atoms with Crippen LogP contribution in [-0.4, -0.2) is 51.3 Å². The highest BCUT2D eigenvalue weighted by Crippen LogP contribution is 2.43. The number of carbonyl (C=O) groups excluding carboxylic acids is 2. The molecule has 2 N–H and O–H groups in total. The lowest BCUT2D eigenvalue weighted by atomic mass is 9.74. The van der Waals surface area contributed by atoms with Gasteiger partial charge in [0.2, 0.25) is 0 Å². The molecule has 1 unspecified atom stereocenters. The number of rotatable bonds is 8. The minimum atomic E-state index is -4.96. The highest BCUT2D eigenvalue weighted by molar-refractivity contribution is 6.39. The minimum Gasteiger partial charge on any atom is -0.481 e. The number of carbonyl (C=O) groups is 3. The van der Waals surface area contributed by atoms with Gasteiger partial charge in [-0.25, -0.2) is 4.39 Å². The van der Waals surface area contributed by atoms with Crippen molar-refractivity contribution < 1.29 is 41.8 Å². The van der Waals surface area contributed by atoms with E-state index in [0.717, 1.165) is 23.0 Å². The molecule has 1 aliphatic heterocycles. The Kier molecular flexibility index (Phi) is 9.06. The molecule has 224 valence electrons. The standard InChI is InChI=1S/C27H29Cl2F4N3O5/c1-13-7-10-41-22(13)18(11-19(37)20-16(28)3-4-17(30)21(20)29)35-24(38)15-12-34-36(23(15)27(31,32)33)14-5-8-26(2,9-6-14)25(39)40/h3-4,12-14,18,22H,5-11H2,1-2H3,(H,35,38)(H,39,40)/t13-,14?,18?,22-,26?/m1/s1. The third-order valence-electron chi connectivity index (χ3n) is 8.11. The van der Waals surface area contributed by atoms with E-state index in [1.165, 1.54) is 0 Å². The Labute approximate surface area is 243 Å². The lowest BCUT2D eigenvalue weighted by Gasteiger charge is -2.34. The van der Waals surface area contributed by atoms with Crippen molar-refractivity contribution in [2.75, 3.05) is 6.61 Å². The van der Waals surface area contributed by atoms with E-state index in [1.807, 2.05) is 6.92 Å². The van der Waals surface area contributed by atoms with Gasteiger partial charge in [0.1, 0.15) is 5.82 Å². The molecule has 0 spiro atoms. The molecule has 2 aromatic rings. The first-order chi connectivity index (χ1) is 19.1. The second kappa shape index (κ2) is 11.9. The van der Waals surface area contributed by atoms with Crippen molar-refractivity contribution in [1.82, 2.24) is 15.1 Å². The van der Waals surface area contributed by atoms with E-state index in [4.69, 9.17) is 27.9 Å². The van der Waals surface area contributed by atoms with Gasteiger partial charge >= 0.3 is 12.1 Å². The molecule has 3 atom stereocenters. The van der Waals surface area contributed by atoms with Crippen LogP contribution >= 0.6 is 23.2 Å². The molecule has 1 saturated carbocycles. The Morgan fingerprint density at radius 3 is 2.44 bits per heavy atom. The molecule has 0 radical (unpaired) electrons. The number of Topliss-reactive ketones (excluding diaryl/α,β-unsaturated/α-hetero) is 1. The third-order valence-corrected chi connectivity index (χ3v) is 8.80. The number of ether oxygens (including phenoxy) is 1. The van der Waals surface area contributed by atoms with E-state index in [0.29, 0.717) is 13.0 Å². The number of hydrogen-bond donors (Lipinski definition) is 2. The number of halogens is 6. The molecule has 1 aromatic heterocycles. The second-order valence-corrected chi connectivity index (χ2v) is 11.8. The monoisotopic (exact) mass is 621 g/mol. The van der Waals surface area contributed by atoms with Crippen molar-refractivity contribution in [3.63, 3.8) is 0 Å². The van der Waals surface area contributed by atoms with E-state index in [2.05, 4.69) is 10.4 Å². The summed E-state index contributed by atoms with van der Waals surface area (Å²) in [5.74, 6) is -3.88. The molecular formula is C27H29Cl2F4N3O5. The summed E-state index contributed by atoms with van der Waals surface area (Å²) in [6.07, 6.45) is -4.16. The summed E-state index contributed by atoms with van der Waals surface area (Å²) in [6, 6.07) is 0.312. The van der Waals surface area contributed by atoms with Crippen molar-refractivity contribution in [3.8, 4) is 0 Å². The fourth-order valence-corrected chi connectivity index (χ4v) is 6.18. The van der Waals surface area contributed by atoms with Crippen LogP contribution in [-0.2, 0) is 15.7 Å². The number of aliphatic carboxylic acids is 1. The first kappa shape index (κ1) is 31.2. The Morgan fingerprint density at radius 2 is 1.88 bits per heavy atom. The number of ketones is 1. The van der Waals surface area contributed by atoms with E-state index in [-0.39, 0.29) is 42.2 Å². The van der Waals surface area contributed by atoms with E-state index >= 15 is 0 Å². The number of nitrogens with zero attached hydrogens (tertiary/aromatic N) is 2. The van der Waals surface area contributed by atoms with Gasteiger partial charge < -0.3 is 15.2 Å². The summed E-state index contributed by atoms with van der Waals surface area (Å²) in [4.78, 5) is 38.1. The Hall–Kier alpha value is -2.70. The van der Waals surface area contributed by atoms with Crippen molar-refractivity contribution in [2.24, 2.45) is 11.3 Å². The van der Waals surface area contributed by atoms with Crippen LogP contribution in [0.3, 0.4) is 0 Å². The average molecular weight is 622 g/mol. The highest BCUT2D eigenvalue weighted by Gasteiger charge is 2.45. The summed E-state index contributed by atoms with van der Waals surface area (Å²) in [7, 11) is 0. The molecule has 2 heterocycles. The summed E-state index contributed by atoms with van der Waals surface area (Å²) < 4.78 is 63.5. The van der Waals surface area contributed by atoms with Crippen molar-refractivity contribution in [1.29, 1.82) is 0 Å². The van der Waals surface area contributed by atoms with Gasteiger partial charge in [0.15, 0.2) is 11.5 Å². The molecule has 1 aromatic carbocycles. The van der Waals surface area contributed by atoms with Crippen molar-refractivity contribution in [3.05, 3.63) is 51.0 Å². The number of nitrogens with one attached hydrogen (secondary N) is 1. The quantitative estimate of drug-likeness (QED) is 0.202. The van der Waals surface area contributed by atoms with Gasteiger partial charge in [-0.05, 0) is 57.1 Å². The Morgan fingerprint density at radius 1 is 1.22 bits per heavy atom. The van der Waals surface area contributed by atoms with Crippen LogP contribution < -0.4 is 5.32 Å². The maximum Gasteiger partial charge on any atom is 0.433 e. The predicted molar refractivity (Wildman–Crippen MR) is 141 cm³/mol. The van der Waals surface area contributed by atoms with Gasteiger partial charge in [-0.3, -0.25) is 19.1 Å². The van der Waals surface area contributed by atoms with Crippen LogP contribution in [0.1, 0.15) is 84.8 Å². The van der Waals surface area contributed by atoms with Crippen LogP contribution in [0.5, 0.6) is 0 Å². The minimum absolute atomic E-state index is 0.112. The fraction of sp³-hybridized carbons (Fsp3) is 0.556. The molecule has 1 amide bonds. The number of aromatic nitrogens is 2. The Balaban J connectivity index is 1.62. The van der Waals surface area contributed by atoms with Crippen LogP contribution in [0, 0.1) is 17.2 Å². The molecule has 14 heteroatoms. The molecule has 0 bridgehead atoms. The van der Waals surface area contributed by atoms with Crippen molar-refractivity contribution in [2.45, 2.75) is 76.7 Å². The molecule has 1 saturated heterocycles. The lowest BCUT2D eigenvalue weighted by molar-refractivity contribution is -0.152. The lowest BCUT2D eigenvalue weighted by Crippen LogP contribution is -2.47. The second-order valence-electron chi connectivity index (χ2n) is 11.0. The normalized spacial score (nSPS) is 25.6. The van der Waals surface area contributed by atoms with Crippen LogP contribution in [0.15, 0.2) is 18.3 Å². The number of carboxylic acid groups (broad SMARTS) is 1. The zero-order chi connectivity index (χ0) is 30.3. The molecule has 1 aliphatic carbocycles. The maximum atomic E-state index is 14.3. The summed E-state index contributed by atoms with van der Waals surface area (Å²) in [5, 5.41) is 15.3. The number of amides is 1. The molecule has 8 nitrogen and oxygen atoms in total. The Bertz CT molecular complexity index is 1340. The maximum absolute atomic E-state index is 14.3. The number of alkyl halides is 3. The predicted octanol–water partition coefficient (Wildman–Crippen LogP) is 6.35. The van der Waals surface area contributed by atoms with Gasteiger partial charge in [-0.1, -0.05) is 30.1 Å². The number of hydrogen-bond acceptors (Lipinski definition) is 5. The summed E-state index contributed by atoms with van der Waals surface area (Å²) in [6.45, 7) is 3.68. The highest BCUT2D eigenvalue weighted by atomic mass is 35.5. The topological polar surface area (TPSA) is 111 Å². The SMILES string of the molecule is C[C@@H]1CCO[C@H]1C(CC(=O)c1c(Cl)ccc(F)c1Cl)NC(=O)c1cnn(C2CCC(C)(C(=O)O)CC2)c1C(F)(F)F. The van der Waals surface area contributed by atoms with Gasteiger partial charge in [0.05, 0.1) is 51.0 Å². The van der Waals surface area contributed by atoms with E-state index < -0.39 is 76.0 Å². The van der Waals surface area contributed by atoms with Crippen LogP contribution in [0.25, 0.3) is 0 Å². The van der Waals surface area contributed by atoms with Gasteiger partial charge in [-0.2, -0.15) is 18.3 Å². The third kappa shape index (κ3) is 6.39. The number of benzene rings is 1. The smallest absolute Gasteiger partial charge is 0.433 e. The van der Waals surface area contributed by atoms with Crippen LogP contribution in [0.4, 0.5) is 17.6 Å². The first-order valence-electron chi connectivity index (χ1n) is 13.1. The zero-order valence-corrected chi connectivity index (χ0v) is 23.7. The van der Waals surface area contributed by atoms with Gasteiger partial charge in [0.25, 0.3) is 5.91 Å². The number of carboxylic acids is 1. The zero-order valence-electron chi connectivity index (χ0n) is 22.2. The fourth-order valence-electron chi connectivity index (χ4n) is 5.60. The first-order valence-corrected chi connectivity index (χ1v) is 13.9.